The Labute approximate surface area is 95.8 Å². The zero-order chi connectivity index (χ0) is 12.2. The van der Waals surface area contributed by atoms with Crippen molar-refractivity contribution >= 4 is 11.9 Å². The number of rotatable bonds is 6. The number of unbranched alkanes of at least 4 members (excludes halogenated alkanes) is 3. The third kappa shape index (κ3) is 2.72. The summed E-state index contributed by atoms with van der Waals surface area (Å²) in [6, 6.07) is -0.294. The van der Waals surface area contributed by atoms with E-state index in [2.05, 4.69) is 5.32 Å². The number of nitrogens with zero attached hydrogens (tertiary/aromatic N) is 1. The monoisotopic (exact) mass is 228 g/mol. The molecule has 0 aliphatic carbocycles. The molecule has 0 spiro atoms. The molecule has 2 N–H and O–H groups in total. The summed E-state index contributed by atoms with van der Waals surface area (Å²) in [4.78, 5) is 24.5. The van der Waals surface area contributed by atoms with Crippen molar-refractivity contribution in [3.63, 3.8) is 0 Å². The van der Waals surface area contributed by atoms with E-state index in [1.54, 1.807) is 18.7 Å². The lowest BCUT2D eigenvalue weighted by Crippen LogP contribution is -2.44. The molecule has 1 aliphatic heterocycles. The largest absolute Gasteiger partial charge is 0.396 e. The van der Waals surface area contributed by atoms with Crippen molar-refractivity contribution in [1.29, 1.82) is 0 Å². The third-order valence-corrected chi connectivity index (χ3v) is 2.99. The summed E-state index contributed by atoms with van der Waals surface area (Å²) >= 11 is 0. The van der Waals surface area contributed by atoms with Gasteiger partial charge in [0, 0.05) is 13.2 Å². The van der Waals surface area contributed by atoms with Gasteiger partial charge in [0.1, 0.15) is 5.54 Å². The number of nitrogens with one attached hydrogen (secondary N) is 1. The van der Waals surface area contributed by atoms with E-state index in [9.17, 15) is 9.59 Å². The molecule has 5 heteroatoms. The predicted molar refractivity (Wildman–Crippen MR) is 59.9 cm³/mol. The number of hydrogen-bond acceptors (Lipinski definition) is 3. The second-order valence-electron chi connectivity index (χ2n) is 4.61. The minimum Gasteiger partial charge on any atom is -0.396 e. The predicted octanol–water partition coefficient (Wildman–Crippen LogP) is 0.869. The molecule has 1 aliphatic rings. The van der Waals surface area contributed by atoms with E-state index in [4.69, 9.17) is 5.11 Å². The van der Waals surface area contributed by atoms with Crippen LogP contribution in [0.5, 0.6) is 0 Å². The SMILES string of the molecule is CC1(C)C(=O)NC(=O)N1CCCCCCO. The third-order valence-electron chi connectivity index (χ3n) is 2.99. The lowest BCUT2D eigenvalue weighted by molar-refractivity contribution is -0.125. The molecule has 92 valence electrons. The van der Waals surface area contributed by atoms with E-state index < -0.39 is 5.54 Å². The number of amides is 3. The Kier molecular flexibility index (Phi) is 4.29. The van der Waals surface area contributed by atoms with E-state index in [1.807, 2.05) is 0 Å². The van der Waals surface area contributed by atoms with Crippen LogP contribution in [0.25, 0.3) is 0 Å². The fraction of sp³-hybridized carbons (Fsp3) is 0.818. The van der Waals surface area contributed by atoms with Gasteiger partial charge in [-0.1, -0.05) is 12.8 Å². The Bertz CT molecular complexity index is 276. The van der Waals surface area contributed by atoms with Crippen LogP contribution >= 0.6 is 0 Å². The summed E-state index contributed by atoms with van der Waals surface area (Å²) in [5.74, 6) is -0.229. The van der Waals surface area contributed by atoms with Gasteiger partial charge in [0.2, 0.25) is 0 Å². The van der Waals surface area contributed by atoms with Crippen LogP contribution in [0.1, 0.15) is 39.5 Å². The molecule has 0 radical (unpaired) electrons. The van der Waals surface area contributed by atoms with Crippen LogP contribution in [0, 0.1) is 0 Å². The van der Waals surface area contributed by atoms with Gasteiger partial charge in [0.05, 0.1) is 0 Å². The lowest BCUT2D eigenvalue weighted by atomic mass is 10.0. The molecule has 1 rings (SSSR count). The molecule has 0 atom stereocenters. The summed E-state index contributed by atoms with van der Waals surface area (Å²) in [6.07, 6.45) is 3.59. The van der Waals surface area contributed by atoms with Gasteiger partial charge in [-0.25, -0.2) is 4.79 Å². The van der Waals surface area contributed by atoms with Crippen LogP contribution in [0.15, 0.2) is 0 Å². The van der Waals surface area contributed by atoms with Crippen LogP contribution in [0.3, 0.4) is 0 Å². The Balaban J connectivity index is 2.36. The zero-order valence-electron chi connectivity index (χ0n) is 9.95. The summed E-state index contributed by atoms with van der Waals surface area (Å²) in [7, 11) is 0. The van der Waals surface area contributed by atoms with Crippen LogP contribution < -0.4 is 5.32 Å². The smallest absolute Gasteiger partial charge is 0.324 e. The Morgan fingerprint density at radius 2 is 1.81 bits per heavy atom. The maximum Gasteiger partial charge on any atom is 0.324 e. The van der Waals surface area contributed by atoms with E-state index in [0.29, 0.717) is 6.54 Å². The van der Waals surface area contributed by atoms with Crippen molar-refractivity contribution in [1.82, 2.24) is 10.2 Å². The van der Waals surface area contributed by atoms with Gasteiger partial charge < -0.3 is 10.0 Å². The van der Waals surface area contributed by atoms with Gasteiger partial charge in [-0.3, -0.25) is 10.1 Å². The molecule has 5 nitrogen and oxygen atoms in total. The summed E-state index contributed by atoms with van der Waals surface area (Å²) in [5, 5.41) is 10.9. The van der Waals surface area contributed by atoms with Gasteiger partial charge in [-0.2, -0.15) is 0 Å². The standard InChI is InChI=1S/C11H20N2O3/c1-11(2)9(15)12-10(16)13(11)7-5-3-4-6-8-14/h14H,3-8H2,1-2H3,(H,12,15,16). The first kappa shape index (κ1) is 13.0. The molecule has 0 aromatic carbocycles. The molecule has 1 heterocycles. The van der Waals surface area contributed by atoms with E-state index in [0.717, 1.165) is 25.7 Å². The highest BCUT2D eigenvalue weighted by Crippen LogP contribution is 2.21. The maximum atomic E-state index is 11.5. The number of imide groups is 1. The Morgan fingerprint density at radius 3 is 2.31 bits per heavy atom. The molecule has 0 bridgehead atoms. The first-order valence-corrected chi connectivity index (χ1v) is 5.74. The van der Waals surface area contributed by atoms with Crippen molar-refractivity contribution in [3.05, 3.63) is 0 Å². The quantitative estimate of drug-likeness (QED) is 0.523. The number of aliphatic hydroxyl groups is 1. The molecule has 0 saturated carbocycles. The summed E-state index contributed by atoms with van der Waals surface area (Å²) in [6.45, 7) is 4.31. The van der Waals surface area contributed by atoms with Gasteiger partial charge in [0.25, 0.3) is 5.91 Å². The van der Waals surface area contributed by atoms with Crippen LogP contribution in [-0.4, -0.2) is 40.6 Å². The van der Waals surface area contributed by atoms with Gasteiger partial charge in [-0.15, -0.1) is 0 Å². The molecular weight excluding hydrogens is 208 g/mol. The summed E-state index contributed by atoms with van der Waals surface area (Å²) in [5.41, 5.74) is -0.728. The van der Waals surface area contributed by atoms with Crippen molar-refractivity contribution in [2.45, 2.75) is 45.1 Å². The van der Waals surface area contributed by atoms with E-state index >= 15 is 0 Å². The topological polar surface area (TPSA) is 69.6 Å². The van der Waals surface area contributed by atoms with Crippen molar-refractivity contribution in [3.8, 4) is 0 Å². The highest BCUT2D eigenvalue weighted by Gasteiger charge is 2.44. The number of urea groups is 1. The van der Waals surface area contributed by atoms with Crippen molar-refractivity contribution in [2.75, 3.05) is 13.2 Å². The average molecular weight is 228 g/mol. The minimum atomic E-state index is -0.728. The number of carbonyl (C=O) groups is 2. The highest BCUT2D eigenvalue weighted by atomic mass is 16.3. The number of aliphatic hydroxyl groups excluding tert-OH is 1. The van der Waals surface area contributed by atoms with Gasteiger partial charge in [-0.05, 0) is 26.7 Å². The molecule has 0 aromatic rings. The van der Waals surface area contributed by atoms with Gasteiger partial charge >= 0.3 is 6.03 Å². The average Bonchev–Trinajstić information content (AvgIpc) is 2.39. The second-order valence-corrected chi connectivity index (χ2v) is 4.61. The van der Waals surface area contributed by atoms with Crippen LogP contribution in [0.2, 0.25) is 0 Å². The van der Waals surface area contributed by atoms with Crippen LogP contribution in [-0.2, 0) is 4.79 Å². The number of carbonyl (C=O) groups excluding carboxylic acids is 2. The van der Waals surface area contributed by atoms with E-state index in [1.165, 1.54) is 0 Å². The molecule has 3 amide bonds. The van der Waals surface area contributed by atoms with Crippen molar-refractivity contribution in [2.24, 2.45) is 0 Å². The molecule has 16 heavy (non-hydrogen) atoms. The van der Waals surface area contributed by atoms with Gasteiger partial charge in [0.15, 0.2) is 0 Å². The van der Waals surface area contributed by atoms with Crippen molar-refractivity contribution < 1.29 is 14.7 Å². The van der Waals surface area contributed by atoms with E-state index in [-0.39, 0.29) is 18.5 Å². The molecule has 1 saturated heterocycles. The lowest BCUT2D eigenvalue weighted by Gasteiger charge is -2.27. The summed E-state index contributed by atoms with van der Waals surface area (Å²) < 4.78 is 0. The maximum absolute atomic E-state index is 11.5. The highest BCUT2D eigenvalue weighted by molar-refractivity contribution is 6.06. The molecule has 0 unspecified atom stereocenters. The Morgan fingerprint density at radius 1 is 1.19 bits per heavy atom. The molecule has 1 fully saturated rings. The molecule has 0 aromatic heterocycles. The zero-order valence-corrected chi connectivity index (χ0v) is 9.95. The Hall–Kier alpha value is -1.10. The van der Waals surface area contributed by atoms with Crippen LogP contribution in [0.4, 0.5) is 4.79 Å². The first-order valence-electron chi connectivity index (χ1n) is 5.74. The normalized spacial score (nSPS) is 19.1. The second kappa shape index (κ2) is 5.30. The number of hydrogen-bond donors (Lipinski definition) is 2. The molecular formula is C11H20N2O3. The fourth-order valence-electron chi connectivity index (χ4n) is 1.81. The first-order chi connectivity index (χ1) is 7.50. The fourth-order valence-corrected chi connectivity index (χ4v) is 1.81. The minimum absolute atomic E-state index is 0.216.